The molecule has 0 aliphatic rings. The molecule has 0 aromatic carbocycles. The SMILES string of the molecule is CCCCCC/C=C\C/C=C\CCCCCCCC(=O)OCCCCCCCC/C=C\C/C=C\CCC(=O)NC(CO)C(O)/C=C/CCCCCCCCCCCCCCCCCCC. The van der Waals surface area contributed by atoms with Gasteiger partial charge in [0.2, 0.25) is 5.91 Å². The first-order valence-corrected chi connectivity index (χ1v) is 28.1. The minimum atomic E-state index is -0.882. The van der Waals surface area contributed by atoms with Gasteiger partial charge < -0.3 is 20.3 Å². The quantitative estimate of drug-likeness (QED) is 0.0321. The van der Waals surface area contributed by atoms with Crippen molar-refractivity contribution in [2.24, 2.45) is 0 Å². The summed E-state index contributed by atoms with van der Waals surface area (Å²) in [5.41, 5.74) is 0. The smallest absolute Gasteiger partial charge is 0.305 e. The molecule has 0 aliphatic heterocycles. The van der Waals surface area contributed by atoms with Crippen molar-refractivity contribution in [3.8, 4) is 0 Å². The summed E-state index contributed by atoms with van der Waals surface area (Å²) < 4.78 is 5.45. The zero-order valence-electron chi connectivity index (χ0n) is 43.0. The number of nitrogens with one attached hydrogen (secondary N) is 1. The van der Waals surface area contributed by atoms with Crippen LogP contribution in [-0.2, 0) is 14.3 Å². The summed E-state index contributed by atoms with van der Waals surface area (Å²) in [5.74, 6) is -0.182. The van der Waals surface area contributed by atoms with Crippen molar-refractivity contribution in [2.45, 2.75) is 289 Å². The van der Waals surface area contributed by atoms with Crippen molar-refractivity contribution in [3.05, 3.63) is 60.8 Å². The summed E-state index contributed by atoms with van der Waals surface area (Å²) in [5, 5.41) is 23.1. The second kappa shape index (κ2) is 54.2. The van der Waals surface area contributed by atoms with Crippen LogP contribution in [0, 0.1) is 0 Å². The van der Waals surface area contributed by atoms with Gasteiger partial charge in [-0.05, 0) is 83.5 Å². The van der Waals surface area contributed by atoms with E-state index in [2.05, 4.69) is 61.7 Å². The summed E-state index contributed by atoms with van der Waals surface area (Å²) in [4.78, 5) is 24.5. The van der Waals surface area contributed by atoms with E-state index in [9.17, 15) is 19.8 Å². The molecule has 0 heterocycles. The van der Waals surface area contributed by atoms with Crippen molar-refractivity contribution < 1.29 is 24.5 Å². The summed E-state index contributed by atoms with van der Waals surface area (Å²) in [6.45, 7) is 4.81. The number of esters is 1. The highest BCUT2D eigenvalue weighted by atomic mass is 16.5. The molecule has 65 heavy (non-hydrogen) atoms. The highest BCUT2D eigenvalue weighted by Crippen LogP contribution is 2.15. The molecule has 0 aliphatic carbocycles. The number of aliphatic hydroxyl groups is 2. The maximum Gasteiger partial charge on any atom is 0.305 e. The molecule has 2 unspecified atom stereocenters. The van der Waals surface area contributed by atoms with E-state index >= 15 is 0 Å². The van der Waals surface area contributed by atoms with Crippen molar-refractivity contribution in [2.75, 3.05) is 13.2 Å². The first kappa shape index (κ1) is 62.6. The first-order valence-electron chi connectivity index (χ1n) is 28.1. The van der Waals surface area contributed by atoms with Crippen LogP contribution in [0.1, 0.15) is 277 Å². The Morgan fingerprint density at radius 2 is 0.785 bits per heavy atom. The van der Waals surface area contributed by atoms with Crippen LogP contribution in [0.25, 0.3) is 0 Å². The summed E-state index contributed by atoms with van der Waals surface area (Å²) >= 11 is 0. The van der Waals surface area contributed by atoms with E-state index < -0.39 is 12.1 Å². The van der Waals surface area contributed by atoms with Crippen LogP contribution in [-0.4, -0.2) is 47.4 Å². The van der Waals surface area contributed by atoms with Crippen LogP contribution in [0.5, 0.6) is 0 Å². The fraction of sp³-hybridized carbons (Fsp3) is 0.797. The second-order valence-electron chi connectivity index (χ2n) is 18.9. The molecule has 378 valence electrons. The van der Waals surface area contributed by atoms with Gasteiger partial charge in [0.05, 0.1) is 25.4 Å². The highest BCUT2D eigenvalue weighted by Gasteiger charge is 2.17. The predicted octanol–water partition coefficient (Wildman–Crippen LogP) is 17.2. The van der Waals surface area contributed by atoms with Crippen LogP contribution < -0.4 is 5.32 Å². The summed E-state index contributed by atoms with van der Waals surface area (Å²) in [7, 11) is 0. The van der Waals surface area contributed by atoms with Crippen LogP contribution in [0.3, 0.4) is 0 Å². The van der Waals surface area contributed by atoms with Crippen molar-refractivity contribution >= 4 is 11.9 Å². The summed E-state index contributed by atoms with van der Waals surface area (Å²) in [6, 6.07) is -0.674. The second-order valence-corrected chi connectivity index (χ2v) is 18.9. The third-order valence-electron chi connectivity index (χ3n) is 12.5. The number of carbonyl (C=O) groups is 2. The number of ether oxygens (including phenoxy) is 1. The Kier molecular flexibility index (Phi) is 52.1. The van der Waals surface area contributed by atoms with Crippen molar-refractivity contribution in [1.29, 1.82) is 0 Å². The van der Waals surface area contributed by atoms with Gasteiger partial charge in [-0.2, -0.15) is 0 Å². The van der Waals surface area contributed by atoms with Gasteiger partial charge in [0, 0.05) is 12.8 Å². The lowest BCUT2D eigenvalue weighted by Gasteiger charge is -2.19. The largest absolute Gasteiger partial charge is 0.466 e. The Hall–Kier alpha value is -2.44. The Labute approximate surface area is 403 Å². The lowest BCUT2D eigenvalue weighted by atomic mass is 10.0. The number of amides is 1. The number of carbonyl (C=O) groups excluding carboxylic acids is 2. The van der Waals surface area contributed by atoms with E-state index in [0.717, 1.165) is 64.2 Å². The molecule has 6 nitrogen and oxygen atoms in total. The van der Waals surface area contributed by atoms with Gasteiger partial charge in [-0.3, -0.25) is 9.59 Å². The Morgan fingerprint density at radius 1 is 0.431 bits per heavy atom. The number of hydrogen-bond donors (Lipinski definition) is 3. The van der Waals surface area contributed by atoms with Gasteiger partial charge in [-0.15, -0.1) is 0 Å². The molecular formula is C59H107NO5. The maximum atomic E-state index is 12.4. The highest BCUT2D eigenvalue weighted by molar-refractivity contribution is 5.76. The number of rotatable bonds is 51. The van der Waals surface area contributed by atoms with E-state index in [1.807, 2.05) is 12.2 Å². The average Bonchev–Trinajstić information content (AvgIpc) is 3.31. The molecular weight excluding hydrogens is 803 g/mol. The van der Waals surface area contributed by atoms with Crippen LogP contribution >= 0.6 is 0 Å². The van der Waals surface area contributed by atoms with Gasteiger partial charge in [0.1, 0.15) is 0 Å². The van der Waals surface area contributed by atoms with Gasteiger partial charge in [-0.1, -0.05) is 242 Å². The molecule has 0 rings (SSSR count). The maximum absolute atomic E-state index is 12.4. The van der Waals surface area contributed by atoms with Gasteiger partial charge in [0.25, 0.3) is 0 Å². The topological polar surface area (TPSA) is 95.9 Å². The third-order valence-corrected chi connectivity index (χ3v) is 12.5. The molecule has 0 aromatic rings. The zero-order chi connectivity index (χ0) is 47.2. The average molecular weight is 911 g/mol. The van der Waals surface area contributed by atoms with Gasteiger partial charge >= 0.3 is 5.97 Å². The molecule has 1 amide bonds. The number of unbranched alkanes of at least 4 members (excludes halogenated alkanes) is 32. The van der Waals surface area contributed by atoms with Crippen LogP contribution in [0.2, 0.25) is 0 Å². The van der Waals surface area contributed by atoms with E-state index in [1.54, 1.807) is 6.08 Å². The third kappa shape index (κ3) is 50.8. The number of allylic oxidation sites excluding steroid dienone is 9. The standard InChI is InChI=1S/C59H107NO5/c1-3-5-7-9-11-13-15-17-19-21-22-23-24-27-31-35-39-43-47-51-57(62)56(55-61)60-58(63)52-48-44-40-36-32-28-26-30-34-38-42-46-50-54-65-59(64)53-49-45-41-37-33-29-25-20-18-16-14-12-10-8-6-4-2/h14,16,20,25,28,32,40,44,47,51,56-57,61-62H,3-13,15,17-19,21-24,26-27,29-31,33-39,41-43,45-46,48-50,52-55H2,1-2H3,(H,60,63)/b16-14-,25-20-,32-28-,44-40-,51-47+. The van der Waals surface area contributed by atoms with Crippen molar-refractivity contribution in [3.63, 3.8) is 0 Å². The fourth-order valence-corrected chi connectivity index (χ4v) is 8.18. The number of aliphatic hydroxyl groups excluding tert-OH is 2. The lowest BCUT2D eigenvalue weighted by Crippen LogP contribution is -2.45. The van der Waals surface area contributed by atoms with Crippen LogP contribution in [0.15, 0.2) is 60.8 Å². The van der Waals surface area contributed by atoms with E-state index in [-0.39, 0.29) is 18.5 Å². The zero-order valence-corrected chi connectivity index (χ0v) is 43.0. The molecule has 0 fully saturated rings. The number of hydrogen-bond acceptors (Lipinski definition) is 5. The Bertz CT molecular complexity index is 1140. The molecule has 6 heteroatoms. The predicted molar refractivity (Wildman–Crippen MR) is 282 cm³/mol. The lowest BCUT2D eigenvalue weighted by molar-refractivity contribution is -0.143. The normalized spacial score (nSPS) is 13.1. The van der Waals surface area contributed by atoms with Gasteiger partial charge in [-0.25, -0.2) is 0 Å². The molecule has 0 radical (unpaired) electrons. The fourth-order valence-electron chi connectivity index (χ4n) is 8.18. The first-order chi connectivity index (χ1) is 32.0. The summed E-state index contributed by atoms with van der Waals surface area (Å²) in [6.07, 6.45) is 69.6. The van der Waals surface area contributed by atoms with Crippen LogP contribution in [0.4, 0.5) is 0 Å². The Morgan fingerprint density at radius 3 is 1.22 bits per heavy atom. The van der Waals surface area contributed by atoms with Gasteiger partial charge in [0.15, 0.2) is 0 Å². The molecule has 0 saturated carbocycles. The minimum absolute atomic E-state index is 0.0326. The molecule has 2 atom stereocenters. The molecule has 0 spiro atoms. The van der Waals surface area contributed by atoms with E-state index in [4.69, 9.17) is 4.74 Å². The molecule has 3 N–H and O–H groups in total. The monoisotopic (exact) mass is 910 g/mol. The Balaban J connectivity index is 3.60. The van der Waals surface area contributed by atoms with E-state index in [0.29, 0.717) is 25.9 Å². The molecule has 0 bridgehead atoms. The minimum Gasteiger partial charge on any atom is -0.466 e. The van der Waals surface area contributed by atoms with Crippen molar-refractivity contribution in [1.82, 2.24) is 5.32 Å². The molecule has 0 aromatic heterocycles. The van der Waals surface area contributed by atoms with E-state index in [1.165, 1.54) is 180 Å². The molecule has 0 saturated heterocycles.